The first kappa shape index (κ1) is 24.3. The molecule has 2 saturated heterocycles. The molecule has 3 heterocycles. The Morgan fingerprint density at radius 1 is 0.917 bits per heavy atom. The highest BCUT2D eigenvalue weighted by Crippen LogP contribution is 2.22. The van der Waals surface area contributed by atoms with Crippen molar-refractivity contribution in [3.05, 3.63) is 64.7 Å². The lowest BCUT2D eigenvalue weighted by atomic mass is 10.1. The molecule has 0 bridgehead atoms. The average Bonchev–Trinajstić information content (AvgIpc) is 2.94. The molecule has 10 heteroatoms. The summed E-state index contributed by atoms with van der Waals surface area (Å²) in [4.78, 5) is 18.4. The van der Waals surface area contributed by atoms with Gasteiger partial charge in [-0.2, -0.15) is 20.1 Å². The third-order valence-corrected chi connectivity index (χ3v) is 6.50. The van der Waals surface area contributed by atoms with Crippen LogP contribution in [0.5, 0.6) is 5.75 Å². The fraction of sp³-hybridized carbons (Fsp3) is 0.385. The van der Waals surface area contributed by atoms with Crippen molar-refractivity contribution < 1.29 is 9.47 Å². The fourth-order valence-corrected chi connectivity index (χ4v) is 4.36. The number of ether oxygens (including phenoxy) is 2. The van der Waals surface area contributed by atoms with Gasteiger partial charge in [0.2, 0.25) is 17.8 Å². The molecular formula is C26H30ClN7O2. The van der Waals surface area contributed by atoms with Gasteiger partial charge in [0.1, 0.15) is 12.4 Å². The van der Waals surface area contributed by atoms with Gasteiger partial charge in [0.15, 0.2) is 0 Å². The quantitative estimate of drug-likeness (QED) is 0.355. The Bertz CT molecular complexity index is 1140. The number of nitrogens with one attached hydrogen (secondary N) is 1. The van der Waals surface area contributed by atoms with Crippen LogP contribution in [-0.2, 0) is 11.3 Å². The number of piperidine rings is 1. The molecule has 0 atom stereocenters. The van der Waals surface area contributed by atoms with E-state index in [0.717, 1.165) is 55.9 Å². The molecule has 0 saturated carbocycles. The summed E-state index contributed by atoms with van der Waals surface area (Å²) in [5, 5.41) is 5.08. The molecule has 2 aliphatic rings. The van der Waals surface area contributed by atoms with Crippen LogP contribution in [0, 0.1) is 0 Å². The van der Waals surface area contributed by atoms with E-state index in [9.17, 15) is 0 Å². The Morgan fingerprint density at radius 3 is 2.44 bits per heavy atom. The van der Waals surface area contributed by atoms with Crippen LogP contribution in [0.4, 0.5) is 17.8 Å². The van der Waals surface area contributed by atoms with Crippen molar-refractivity contribution in [3.8, 4) is 5.75 Å². The van der Waals surface area contributed by atoms with Gasteiger partial charge in [-0.1, -0.05) is 41.9 Å². The van der Waals surface area contributed by atoms with Gasteiger partial charge in [-0.3, -0.25) is 0 Å². The Labute approximate surface area is 216 Å². The number of halogens is 1. The maximum Gasteiger partial charge on any atom is 0.250 e. The van der Waals surface area contributed by atoms with Gasteiger partial charge < -0.3 is 19.3 Å². The summed E-state index contributed by atoms with van der Waals surface area (Å²) in [5.74, 6) is 2.51. The van der Waals surface area contributed by atoms with E-state index >= 15 is 0 Å². The second-order valence-electron chi connectivity index (χ2n) is 8.73. The highest BCUT2D eigenvalue weighted by molar-refractivity contribution is 6.31. The Kier molecular flexibility index (Phi) is 8.10. The highest BCUT2D eigenvalue weighted by Gasteiger charge is 2.20. The summed E-state index contributed by atoms with van der Waals surface area (Å²) in [6.45, 7) is 5.15. The van der Waals surface area contributed by atoms with E-state index in [1.165, 1.54) is 6.42 Å². The minimum atomic E-state index is 0.396. The molecule has 0 radical (unpaired) electrons. The number of nitrogens with zero attached hydrogens (tertiary/aromatic N) is 6. The Balaban J connectivity index is 1.27. The minimum Gasteiger partial charge on any atom is -0.489 e. The monoisotopic (exact) mass is 507 g/mol. The minimum absolute atomic E-state index is 0.396. The van der Waals surface area contributed by atoms with Crippen LogP contribution in [0.3, 0.4) is 0 Å². The van der Waals surface area contributed by atoms with Crippen molar-refractivity contribution in [2.75, 3.05) is 54.6 Å². The first-order chi connectivity index (χ1) is 17.7. The number of hydrazone groups is 1. The van der Waals surface area contributed by atoms with Gasteiger partial charge in [0, 0.05) is 36.8 Å². The maximum atomic E-state index is 6.23. The van der Waals surface area contributed by atoms with Gasteiger partial charge in [-0.15, -0.1) is 0 Å². The van der Waals surface area contributed by atoms with E-state index in [2.05, 4.69) is 30.3 Å². The van der Waals surface area contributed by atoms with Crippen LogP contribution < -0.4 is 20.0 Å². The van der Waals surface area contributed by atoms with Crippen molar-refractivity contribution in [1.82, 2.24) is 15.0 Å². The molecule has 2 aromatic carbocycles. The zero-order valence-corrected chi connectivity index (χ0v) is 20.9. The van der Waals surface area contributed by atoms with Gasteiger partial charge in [0.25, 0.3) is 0 Å². The standard InChI is InChI=1S/C26H30ClN7O2/c27-23-10-3-2-8-21(23)19-36-22-9-6-7-20(17-22)18-28-32-24-29-25(33-11-4-1-5-12-33)31-26(30-24)34-13-15-35-16-14-34/h2-3,6-10,17-18H,1,4-5,11-16,19H2,(H,29,30,31,32)/b28-18-. The summed E-state index contributed by atoms with van der Waals surface area (Å²) < 4.78 is 11.4. The van der Waals surface area contributed by atoms with Crippen LogP contribution in [-0.4, -0.2) is 60.6 Å². The van der Waals surface area contributed by atoms with Crippen molar-refractivity contribution >= 4 is 35.7 Å². The first-order valence-corrected chi connectivity index (χ1v) is 12.7. The third kappa shape index (κ3) is 6.41. The van der Waals surface area contributed by atoms with Gasteiger partial charge in [0.05, 0.1) is 19.4 Å². The van der Waals surface area contributed by atoms with Crippen LogP contribution in [0.1, 0.15) is 30.4 Å². The van der Waals surface area contributed by atoms with E-state index in [-0.39, 0.29) is 0 Å². The van der Waals surface area contributed by atoms with Gasteiger partial charge in [-0.05, 0) is 43.0 Å². The van der Waals surface area contributed by atoms with E-state index in [0.29, 0.717) is 42.7 Å². The number of benzene rings is 2. The topological polar surface area (TPSA) is 88.0 Å². The molecule has 0 spiro atoms. The molecule has 1 aromatic heterocycles. The second-order valence-corrected chi connectivity index (χ2v) is 9.14. The van der Waals surface area contributed by atoms with Crippen LogP contribution >= 0.6 is 11.6 Å². The molecule has 2 aliphatic heterocycles. The summed E-state index contributed by atoms with van der Waals surface area (Å²) in [6, 6.07) is 15.4. The SMILES string of the molecule is Clc1ccccc1COc1cccc(/C=N\Nc2nc(N3CCCCC3)nc(N3CCOCC3)n2)c1. The predicted octanol–water partition coefficient (Wildman–Crippen LogP) is 4.38. The molecule has 3 aromatic rings. The van der Waals surface area contributed by atoms with Gasteiger partial charge >= 0.3 is 0 Å². The lowest BCUT2D eigenvalue weighted by molar-refractivity contribution is 0.122. The van der Waals surface area contributed by atoms with Crippen molar-refractivity contribution in [2.45, 2.75) is 25.9 Å². The van der Waals surface area contributed by atoms with Gasteiger partial charge in [-0.25, -0.2) is 5.43 Å². The summed E-state index contributed by atoms with van der Waals surface area (Å²) in [5.41, 5.74) is 4.83. The number of hydrogen-bond acceptors (Lipinski definition) is 9. The molecular weight excluding hydrogens is 478 g/mol. The molecule has 5 rings (SSSR count). The largest absolute Gasteiger partial charge is 0.489 e. The number of anilines is 3. The molecule has 2 fully saturated rings. The number of rotatable bonds is 8. The second kappa shape index (κ2) is 12.0. The zero-order valence-electron chi connectivity index (χ0n) is 20.1. The summed E-state index contributed by atoms with van der Waals surface area (Å²) >= 11 is 6.23. The van der Waals surface area contributed by atoms with Crippen LogP contribution in [0.25, 0.3) is 0 Å². The molecule has 0 amide bonds. The van der Waals surface area contributed by atoms with Crippen molar-refractivity contribution in [2.24, 2.45) is 5.10 Å². The molecule has 188 valence electrons. The van der Waals surface area contributed by atoms with E-state index < -0.39 is 0 Å². The average molecular weight is 508 g/mol. The Morgan fingerprint density at radius 2 is 1.67 bits per heavy atom. The fourth-order valence-electron chi connectivity index (χ4n) is 4.17. The van der Waals surface area contributed by atoms with E-state index in [1.54, 1.807) is 6.21 Å². The van der Waals surface area contributed by atoms with E-state index in [1.807, 2.05) is 48.5 Å². The zero-order chi connectivity index (χ0) is 24.6. The predicted molar refractivity (Wildman–Crippen MR) is 142 cm³/mol. The first-order valence-electron chi connectivity index (χ1n) is 12.3. The normalized spacial score (nSPS) is 16.4. The smallest absolute Gasteiger partial charge is 0.250 e. The number of hydrogen-bond donors (Lipinski definition) is 1. The molecule has 0 unspecified atom stereocenters. The molecule has 1 N–H and O–H groups in total. The van der Waals surface area contributed by atoms with Crippen LogP contribution in [0.15, 0.2) is 53.6 Å². The number of morpholine rings is 1. The Hall–Kier alpha value is -3.43. The third-order valence-electron chi connectivity index (χ3n) is 6.13. The molecule has 0 aliphatic carbocycles. The summed E-state index contributed by atoms with van der Waals surface area (Å²) in [7, 11) is 0. The van der Waals surface area contributed by atoms with Crippen LogP contribution in [0.2, 0.25) is 5.02 Å². The lowest BCUT2D eigenvalue weighted by Gasteiger charge is -2.30. The summed E-state index contributed by atoms with van der Waals surface area (Å²) in [6.07, 6.45) is 5.26. The lowest BCUT2D eigenvalue weighted by Crippen LogP contribution is -2.38. The van der Waals surface area contributed by atoms with E-state index in [4.69, 9.17) is 26.1 Å². The molecule has 36 heavy (non-hydrogen) atoms. The van der Waals surface area contributed by atoms with Crippen molar-refractivity contribution in [3.63, 3.8) is 0 Å². The molecule has 9 nitrogen and oxygen atoms in total. The highest BCUT2D eigenvalue weighted by atomic mass is 35.5. The maximum absolute atomic E-state index is 6.23. The van der Waals surface area contributed by atoms with Crippen molar-refractivity contribution in [1.29, 1.82) is 0 Å². The number of aromatic nitrogens is 3.